The van der Waals surface area contributed by atoms with Crippen molar-refractivity contribution in [3.63, 3.8) is 0 Å². The van der Waals surface area contributed by atoms with Gasteiger partial charge in [-0.2, -0.15) is 0 Å². The average molecular weight is 397 g/mol. The molecule has 28 heavy (non-hydrogen) atoms. The lowest BCUT2D eigenvalue weighted by Crippen LogP contribution is -2.33. The molecule has 2 aromatic carbocycles. The minimum atomic E-state index is -1.08. The number of carboxylic acid groups (broad SMARTS) is 1. The van der Waals surface area contributed by atoms with E-state index in [1.54, 1.807) is 60.7 Å². The summed E-state index contributed by atoms with van der Waals surface area (Å²) >= 11 is 0.770. The van der Waals surface area contributed by atoms with Gasteiger partial charge in [-0.15, -0.1) is 0 Å². The monoisotopic (exact) mass is 397 g/mol. The third-order valence-corrected chi connectivity index (χ3v) is 4.72. The van der Waals surface area contributed by atoms with Gasteiger partial charge in [-0.25, -0.2) is 4.79 Å². The highest BCUT2D eigenvalue weighted by Gasteiger charge is 2.36. The van der Waals surface area contributed by atoms with Gasteiger partial charge in [0, 0.05) is 5.56 Å². The molecule has 1 heterocycles. The standard InChI is InChI=1S/C20H15NO6S/c22-16(14-4-2-1-3-5-14)11-21-19(25)17(28-20(21)26)10-13-6-8-15(9-7-13)27-12-18(23)24/h1-10H,11-12H2,(H,23,24)/b17-10-. The second kappa shape index (κ2) is 8.53. The summed E-state index contributed by atoms with van der Waals surface area (Å²) in [6, 6.07) is 14.9. The van der Waals surface area contributed by atoms with E-state index in [4.69, 9.17) is 9.84 Å². The summed E-state index contributed by atoms with van der Waals surface area (Å²) in [7, 11) is 0. The predicted molar refractivity (Wildman–Crippen MR) is 103 cm³/mol. The van der Waals surface area contributed by atoms with E-state index in [9.17, 15) is 19.2 Å². The minimum Gasteiger partial charge on any atom is -0.482 e. The Hall–Kier alpha value is -3.39. The summed E-state index contributed by atoms with van der Waals surface area (Å²) in [5.41, 5.74) is 1.07. The van der Waals surface area contributed by atoms with Gasteiger partial charge in [-0.05, 0) is 35.5 Å². The largest absolute Gasteiger partial charge is 0.482 e. The second-order valence-electron chi connectivity index (χ2n) is 5.81. The van der Waals surface area contributed by atoms with Crippen LogP contribution in [0.1, 0.15) is 15.9 Å². The van der Waals surface area contributed by atoms with Crippen LogP contribution >= 0.6 is 11.8 Å². The van der Waals surface area contributed by atoms with E-state index >= 15 is 0 Å². The van der Waals surface area contributed by atoms with Crippen molar-refractivity contribution in [2.45, 2.75) is 0 Å². The Morgan fingerprint density at radius 3 is 2.36 bits per heavy atom. The molecule has 142 valence electrons. The molecule has 1 aliphatic heterocycles. The molecule has 7 nitrogen and oxygen atoms in total. The molecule has 2 amide bonds. The number of thioether (sulfide) groups is 1. The number of ketones is 1. The van der Waals surface area contributed by atoms with Crippen LogP contribution in [0.5, 0.6) is 5.75 Å². The molecule has 1 fully saturated rings. The molecule has 0 spiro atoms. The zero-order chi connectivity index (χ0) is 20.1. The first kappa shape index (κ1) is 19.4. The number of aliphatic carboxylic acids is 1. The number of carbonyl (C=O) groups is 4. The molecular weight excluding hydrogens is 382 g/mol. The van der Waals surface area contributed by atoms with Crippen molar-refractivity contribution in [2.75, 3.05) is 13.2 Å². The van der Waals surface area contributed by atoms with E-state index in [-0.39, 0.29) is 17.2 Å². The first-order valence-electron chi connectivity index (χ1n) is 8.22. The smallest absolute Gasteiger partial charge is 0.341 e. The molecule has 0 unspecified atom stereocenters. The summed E-state index contributed by atoms with van der Waals surface area (Å²) in [6.45, 7) is -0.762. The van der Waals surface area contributed by atoms with Crippen molar-refractivity contribution >= 4 is 40.7 Å². The number of carboxylic acids is 1. The van der Waals surface area contributed by atoms with Crippen LogP contribution in [0, 0.1) is 0 Å². The van der Waals surface area contributed by atoms with E-state index < -0.39 is 23.7 Å². The van der Waals surface area contributed by atoms with E-state index in [1.807, 2.05) is 0 Å². The molecule has 1 N–H and O–H groups in total. The second-order valence-corrected chi connectivity index (χ2v) is 6.80. The normalized spacial score (nSPS) is 15.1. The summed E-state index contributed by atoms with van der Waals surface area (Å²) in [6.07, 6.45) is 1.54. The molecule has 1 saturated heterocycles. The van der Waals surface area contributed by atoms with Crippen molar-refractivity contribution in [1.29, 1.82) is 0 Å². The van der Waals surface area contributed by atoms with Gasteiger partial charge in [0.05, 0.1) is 11.4 Å². The van der Waals surface area contributed by atoms with Gasteiger partial charge in [0.1, 0.15) is 5.75 Å². The SMILES string of the molecule is O=C(O)COc1ccc(/C=C2\SC(=O)N(CC(=O)c3ccccc3)C2=O)cc1. The number of carbonyl (C=O) groups excluding carboxylic acids is 3. The lowest BCUT2D eigenvalue weighted by atomic mass is 10.1. The van der Waals surface area contributed by atoms with Gasteiger partial charge in [0.2, 0.25) is 0 Å². The summed E-state index contributed by atoms with van der Waals surface area (Å²) in [4.78, 5) is 48.6. The molecule has 8 heteroatoms. The summed E-state index contributed by atoms with van der Waals surface area (Å²) in [5, 5.41) is 8.10. The van der Waals surface area contributed by atoms with Gasteiger partial charge in [-0.1, -0.05) is 42.5 Å². The summed E-state index contributed by atoms with van der Waals surface area (Å²) < 4.78 is 5.04. The number of ether oxygens (including phenoxy) is 1. The van der Waals surface area contributed by atoms with Crippen LogP contribution in [-0.4, -0.2) is 46.1 Å². The summed E-state index contributed by atoms with van der Waals surface area (Å²) in [5.74, 6) is -1.54. The molecule has 0 bridgehead atoms. The maximum Gasteiger partial charge on any atom is 0.341 e. The topological polar surface area (TPSA) is 101 Å². The number of hydrogen-bond donors (Lipinski definition) is 1. The fourth-order valence-corrected chi connectivity index (χ4v) is 3.29. The van der Waals surface area contributed by atoms with Crippen molar-refractivity contribution < 1.29 is 29.0 Å². The Kier molecular flexibility index (Phi) is 5.90. The first-order valence-corrected chi connectivity index (χ1v) is 9.04. The van der Waals surface area contributed by atoms with Crippen LogP contribution < -0.4 is 4.74 Å². The van der Waals surface area contributed by atoms with E-state index in [0.717, 1.165) is 16.7 Å². The maximum atomic E-state index is 12.5. The Morgan fingerprint density at radius 2 is 1.71 bits per heavy atom. The molecule has 0 atom stereocenters. The van der Waals surface area contributed by atoms with E-state index in [0.29, 0.717) is 16.9 Å². The molecule has 0 saturated carbocycles. The van der Waals surface area contributed by atoms with Crippen molar-refractivity contribution in [3.8, 4) is 5.75 Å². The number of hydrogen-bond acceptors (Lipinski definition) is 6. The number of Topliss-reactive ketones (excluding diaryl/α,β-unsaturated/α-hetero) is 1. The van der Waals surface area contributed by atoms with Crippen molar-refractivity contribution in [1.82, 2.24) is 4.90 Å². The number of rotatable bonds is 7. The minimum absolute atomic E-state index is 0.213. The molecule has 0 radical (unpaired) electrons. The third-order valence-electron chi connectivity index (χ3n) is 3.81. The molecular formula is C20H15NO6S. The van der Waals surface area contributed by atoms with Crippen LogP contribution in [0.15, 0.2) is 59.5 Å². The maximum absolute atomic E-state index is 12.5. The fourth-order valence-electron chi connectivity index (χ4n) is 2.45. The number of imide groups is 1. The van der Waals surface area contributed by atoms with E-state index in [1.165, 1.54) is 0 Å². The Morgan fingerprint density at radius 1 is 1.04 bits per heavy atom. The van der Waals surface area contributed by atoms with Gasteiger partial charge in [0.15, 0.2) is 12.4 Å². The molecule has 0 aromatic heterocycles. The highest BCUT2D eigenvalue weighted by Crippen LogP contribution is 2.32. The zero-order valence-electron chi connectivity index (χ0n) is 14.5. The molecule has 2 aromatic rings. The lowest BCUT2D eigenvalue weighted by molar-refractivity contribution is -0.139. The van der Waals surface area contributed by atoms with Crippen LogP contribution in [0.3, 0.4) is 0 Å². The van der Waals surface area contributed by atoms with Crippen LogP contribution in [0.4, 0.5) is 4.79 Å². The van der Waals surface area contributed by atoms with Crippen molar-refractivity contribution in [3.05, 3.63) is 70.6 Å². The van der Waals surface area contributed by atoms with Crippen LogP contribution in [-0.2, 0) is 9.59 Å². The van der Waals surface area contributed by atoms with E-state index in [2.05, 4.69) is 0 Å². The Bertz CT molecular complexity index is 952. The predicted octanol–water partition coefficient (Wildman–Crippen LogP) is 3.07. The van der Waals surface area contributed by atoms with Crippen LogP contribution in [0.2, 0.25) is 0 Å². The highest BCUT2D eigenvalue weighted by atomic mass is 32.2. The van der Waals surface area contributed by atoms with Gasteiger partial charge < -0.3 is 9.84 Å². The highest BCUT2D eigenvalue weighted by molar-refractivity contribution is 8.18. The Labute approximate surface area is 164 Å². The average Bonchev–Trinajstić information content (AvgIpc) is 2.95. The van der Waals surface area contributed by atoms with Gasteiger partial charge >= 0.3 is 5.97 Å². The molecule has 3 rings (SSSR count). The fraction of sp³-hybridized carbons (Fsp3) is 0.100. The van der Waals surface area contributed by atoms with Gasteiger partial charge in [0.25, 0.3) is 11.1 Å². The Balaban J connectivity index is 1.68. The van der Waals surface area contributed by atoms with Gasteiger partial charge in [-0.3, -0.25) is 19.3 Å². The first-order chi connectivity index (χ1) is 13.4. The molecule has 0 aliphatic carbocycles. The number of nitrogens with zero attached hydrogens (tertiary/aromatic N) is 1. The van der Waals surface area contributed by atoms with Crippen LogP contribution in [0.25, 0.3) is 6.08 Å². The molecule has 1 aliphatic rings. The number of amides is 2. The van der Waals surface area contributed by atoms with Crippen molar-refractivity contribution in [2.24, 2.45) is 0 Å². The zero-order valence-corrected chi connectivity index (χ0v) is 15.3. The quantitative estimate of drug-likeness (QED) is 0.566. The lowest BCUT2D eigenvalue weighted by Gasteiger charge is -2.11. The third kappa shape index (κ3) is 4.66. The number of benzene rings is 2.